The van der Waals surface area contributed by atoms with E-state index in [4.69, 9.17) is 23.7 Å². The highest BCUT2D eigenvalue weighted by Gasteiger charge is 2.35. The zero-order chi connectivity index (χ0) is 11.3. The van der Waals surface area contributed by atoms with Gasteiger partial charge in [-0.3, -0.25) is 0 Å². The summed E-state index contributed by atoms with van der Waals surface area (Å²) < 4.78 is 26.5. The molecule has 1 aliphatic rings. The Morgan fingerprint density at radius 2 is 2.00 bits per heavy atom. The predicted octanol–water partition coefficient (Wildman–Crippen LogP) is -1.27. The normalized spacial score (nSPS) is 23.0. The van der Waals surface area contributed by atoms with Gasteiger partial charge in [0, 0.05) is 21.3 Å². The fraction of sp³-hybridized carbons (Fsp3) is 1.00. The van der Waals surface area contributed by atoms with Gasteiger partial charge in [-0.2, -0.15) is 0 Å². The SMILES string of the molecule is COC(COCC1CO1)C([SiH3])(OC)OC. The first-order valence-corrected chi connectivity index (χ1v) is 5.98. The summed E-state index contributed by atoms with van der Waals surface area (Å²) in [6, 6.07) is 0. The summed E-state index contributed by atoms with van der Waals surface area (Å²) in [5, 5.41) is 0. The fourth-order valence-electron chi connectivity index (χ4n) is 1.25. The predicted molar refractivity (Wildman–Crippen MR) is 58.0 cm³/mol. The molecule has 1 aliphatic heterocycles. The van der Waals surface area contributed by atoms with Crippen LogP contribution in [0.2, 0.25) is 0 Å². The van der Waals surface area contributed by atoms with Crippen LogP contribution in [-0.4, -0.2) is 69.0 Å². The summed E-state index contributed by atoms with van der Waals surface area (Å²) in [5.74, 6) is 0. The van der Waals surface area contributed by atoms with Crippen molar-refractivity contribution in [1.82, 2.24) is 0 Å². The average Bonchev–Trinajstić information content (AvgIpc) is 3.07. The van der Waals surface area contributed by atoms with Crippen molar-refractivity contribution in [3.63, 3.8) is 0 Å². The number of rotatable bonds is 8. The Kier molecular flexibility index (Phi) is 5.17. The molecule has 5 nitrogen and oxygen atoms in total. The lowest BCUT2D eigenvalue weighted by atomic mass is 10.3. The number of epoxide rings is 1. The molecule has 0 amide bonds. The molecule has 1 rings (SSSR count). The minimum Gasteiger partial charge on any atom is -0.376 e. The maximum atomic E-state index is 5.47. The minimum absolute atomic E-state index is 0.196. The highest BCUT2D eigenvalue weighted by atomic mass is 28.1. The van der Waals surface area contributed by atoms with Crippen LogP contribution in [0.25, 0.3) is 0 Å². The van der Waals surface area contributed by atoms with Crippen molar-refractivity contribution in [2.24, 2.45) is 0 Å². The Morgan fingerprint density at radius 3 is 2.40 bits per heavy atom. The monoisotopic (exact) mass is 236 g/mol. The molecule has 0 N–H and O–H groups in total. The van der Waals surface area contributed by atoms with E-state index in [0.29, 0.717) is 23.5 Å². The van der Waals surface area contributed by atoms with Gasteiger partial charge in [0.15, 0.2) is 5.41 Å². The van der Waals surface area contributed by atoms with Gasteiger partial charge in [0.05, 0.1) is 30.1 Å². The summed E-state index contributed by atoms with van der Waals surface area (Å²) in [5.41, 5.74) is -0.640. The van der Waals surface area contributed by atoms with E-state index in [-0.39, 0.29) is 12.2 Å². The summed E-state index contributed by atoms with van der Waals surface area (Å²) in [6.07, 6.45) is 0.0778. The molecule has 0 aromatic carbocycles. The van der Waals surface area contributed by atoms with Crippen molar-refractivity contribution in [3.8, 4) is 0 Å². The second kappa shape index (κ2) is 5.93. The third-order valence-corrected chi connectivity index (χ3v) is 4.12. The fourth-order valence-corrected chi connectivity index (χ4v) is 1.65. The Balaban J connectivity index is 2.30. The highest BCUT2D eigenvalue weighted by Crippen LogP contribution is 2.16. The lowest BCUT2D eigenvalue weighted by molar-refractivity contribution is -0.220. The van der Waals surface area contributed by atoms with Crippen LogP contribution in [0.15, 0.2) is 0 Å². The van der Waals surface area contributed by atoms with Crippen LogP contribution in [-0.2, 0) is 23.7 Å². The van der Waals surface area contributed by atoms with E-state index >= 15 is 0 Å². The Bertz CT molecular complexity index is 181. The van der Waals surface area contributed by atoms with E-state index in [0.717, 1.165) is 6.61 Å². The van der Waals surface area contributed by atoms with Gasteiger partial charge in [-0.1, -0.05) is 0 Å². The molecule has 1 heterocycles. The summed E-state index contributed by atoms with van der Waals surface area (Å²) in [7, 11) is 5.58. The van der Waals surface area contributed by atoms with Gasteiger partial charge in [0.2, 0.25) is 0 Å². The lowest BCUT2D eigenvalue weighted by Crippen LogP contribution is -2.50. The Labute approximate surface area is 93.4 Å². The molecule has 0 spiro atoms. The van der Waals surface area contributed by atoms with Gasteiger partial charge in [-0.25, -0.2) is 0 Å². The molecule has 0 bridgehead atoms. The first-order chi connectivity index (χ1) is 7.16. The molecule has 0 aromatic heterocycles. The minimum atomic E-state index is -0.640. The van der Waals surface area contributed by atoms with Gasteiger partial charge >= 0.3 is 0 Å². The zero-order valence-corrected chi connectivity index (χ0v) is 11.8. The molecule has 1 fully saturated rings. The van der Waals surface area contributed by atoms with Crippen LogP contribution in [0, 0.1) is 0 Å². The summed E-state index contributed by atoms with van der Waals surface area (Å²) >= 11 is 0. The molecule has 0 radical (unpaired) electrons. The van der Waals surface area contributed by atoms with Crippen molar-refractivity contribution < 1.29 is 23.7 Å². The van der Waals surface area contributed by atoms with Crippen LogP contribution in [0.3, 0.4) is 0 Å². The maximum absolute atomic E-state index is 5.47. The molecule has 15 heavy (non-hydrogen) atoms. The molecular weight excluding hydrogens is 216 g/mol. The van der Waals surface area contributed by atoms with Gasteiger partial charge < -0.3 is 23.7 Å². The third-order valence-electron chi connectivity index (χ3n) is 2.66. The van der Waals surface area contributed by atoms with Gasteiger partial charge in [-0.05, 0) is 0 Å². The van der Waals surface area contributed by atoms with Crippen molar-refractivity contribution in [3.05, 3.63) is 0 Å². The largest absolute Gasteiger partial charge is 0.376 e. The van der Waals surface area contributed by atoms with Crippen molar-refractivity contribution in [2.75, 3.05) is 41.2 Å². The van der Waals surface area contributed by atoms with E-state index in [1.54, 1.807) is 21.3 Å². The number of hydrogen-bond donors (Lipinski definition) is 0. The lowest BCUT2D eigenvalue weighted by Gasteiger charge is -2.34. The molecule has 1 saturated heterocycles. The first-order valence-electron chi connectivity index (χ1n) is 4.98. The molecule has 6 heteroatoms. The van der Waals surface area contributed by atoms with Crippen LogP contribution in [0.5, 0.6) is 0 Å². The average molecular weight is 236 g/mol. The highest BCUT2D eigenvalue weighted by molar-refractivity contribution is 6.13. The second-order valence-corrected chi connectivity index (χ2v) is 5.04. The second-order valence-electron chi connectivity index (χ2n) is 3.64. The van der Waals surface area contributed by atoms with Gasteiger partial charge in [0.25, 0.3) is 0 Å². The van der Waals surface area contributed by atoms with Gasteiger partial charge in [0.1, 0.15) is 12.2 Å². The van der Waals surface area contributed by atoms with Crippen molar-refractivity contribution in [2.45, 2.75) is 17.6 Å². The van der Waals surface area contributed by atoms with E-state index in [9.17, 15) is 0 Å². The smallest absolute Gasteiger partial charge is 0.168 e. The Hall–Kier alpha value is 0.0169. The summed E-state index contributed by atoms with van der Waals surface area (Å²) in [6.45, 7) is 1.88. The zero-order valence-electron chi connectivity index (χ0n) is 9.82. The van der Waals surface area contributed by atoms with Gasteiger partial charge in [-0.15, -0.1) is 0 Å². The quantitative estimate of drug-likeness (QED) is 0.299. The Morgan fingerprint density at radius 1 is 1.40 bits per heavy atom. The molecule has 0 aliphatic carbocycles. The van der Waals surface area contributed by atoms with E-state index < -0.39 is 5.41 Å². The van der Waals surface area contributed by atoms with Crippen LogP contribution in [0.4, 0.5) is 0 Å². The first kappa shape index (κ1) is 13.1. The van der Waals surface area contributed by atoms with Crippen LogP contribution < -0.4 is 0 Å². The van der Waals surface area contributed by atoms with Crippen LogP contribution >= 0.6 is 0 Å². The molecule has 0 aromatic rings. The molecule has 2 unspecified atom stereocenters. The topological polar surface area (TPSA) is 49.5 Å². The molecule has 2 atom stereocenters. The third kappa shape index (κ3) is 3.82. The van der Waals surface area contributed by atoms with E-state index in [1.807, 2.05) is 0 Å². The van der Waals surface area contributed by atoms with E-state index in [2.05, 4.69) is 0 Å². The molecule has 90 valence electrons. The maximum Gasteiger partial charge on any atom is 0.168 e. The number of ether oxygens (including phenoxy) is 5. The van der Waals surface area contributed by atoms with Crippen molar-refractivity contribution in [1.29, 1.82) is 0 Å². The molecular formula is C9H20O5Si. The molecule has 0 saturated carbocycles. The number of hydrogen-bond acceptors (Lipinski definition) is 5. The summed E-state index contributed by atoms with van der Waals surface area (Å²) in [4.78, 5) is 0. The van der Waals surface area contributed by atoms with Crippen molar-refractivity contribution >= 4 is 10.2 Å². The van der Waals surface area contributed by atoms with E-state index in [1.165, 1.54) is 0 Å². The van der Waals surface area contributed by atoms with Crippen LogP contribution in [0.1, 0.15) is 0 Å². The number of methoxy groups -OCH3 is 3. The standard InChI is InChI=1S/C9H20O5Si/c1-10-8(9(15,11-2)12-3)6-13-4-7-5-14-7/h7-8H,4-6H2,1-3,15H3.